The van der Waals surface area contributed by atoms with E-state index in [1.807, 2.05) is 6.92 Å². The molecular weight excluding hydrogens is 238 g/mol. The van der Waals surface area contributed by atoms with Gasteiger partial charge in [-0.2, -0.15) is 5.10 Å². The Morgan fingerprint density at radius 1 is 1.61 bits per heavy atom. The second kappa shape index (κ2) is 6.15. The van der Waals surface area contributed by atoms with Crippen LogP contribution < -0.4 is 5.32 Å². The molecule has 0 spiro atoms. The molecule has 0 aromatic carbocycles. The Bertz CT molecular complexity index is 441. The van der Waals surface area contributed by atoms with Crippen molar-refractivity contribution in [3.63, 3.8) is 0 Å². The van der Waals surface area contributed by atoms with Gasteiger partial charge in [0.15, 0.2) is 6.04 Å². The first-order valence-corrected chi connectivity index (χ1v) is 5.56. The molecule has 1 aromatic rings. The van der Waals surface area contributed by atoms with E-state index in [0.29, 0.717) is 17.9 Å². The van der Waals surface area contributed by atoms with Crippen molar-refractivity contribution in [2.45, 2.75) is 26.4 Å². The summed E-state index contributed by atoms with van der Waals surface area (Å²) in [6, 6.07) is 0.549. The van der Waals surface area contributed by atoms with Gasteiger partial charge in [0, 0.05) is 13.7 Å². The van der Waals surface area contributed by atoms with E-state index in [1.54, 1.807) is 13.0 Å². The number of aryl methyl sites for hydroxylation is 2. The lowest BCUT2D eigenvalue weighted by Gasteiger charge is -2.13. The first-order chi connectivity index (χ1) is 8.49. The van der Waals surface area contributed by atoms with Crippen molar-refractivity contribution in [3.05, 3.63) is 17.5 Å². The van der Waals surface area contributed by atoms with Crippen LogP contribution in [0.5, 0.6) is 0 Å². The maximum absolute atomic E-state index is 11.9. The van der Waals surface area contributed by atoms with Gasteiger partial charge in [-0.25, -0.2) is 4.79 Å². The number of carboxylic acid groups (broad SMARTS) is 1. The first kappa shape index (κ1) is 14.2. The Balaban J connectivity index is 2.83. The van der Waals surface area contributed by atoms with Crippen LogP contribution in [0.2, 0.25) is 0 Å². The van der Waals surface area contributed by atoms with Crippen LogP contribution in [0.25, 0.3) is 0 Å². The molecule has 7 heteroatoms. The molecule has 1 aromatic heterocycles. The summed E-state index contributed by atoms with van der Waals surface area (Å²) in [6.07, 6.45) is 0. The quantitative estimate of drug-likeness (QED) is 0.748. The van der Waals surface area contributed by atoms with Gasteiger partial charge in [-0.3, -0.25) is 9.48 Å². The topological polar surface area (TPSA) is 93.5 Å². The van der Waals surface area contributed by atoms with Crippen LogP contribution in [-0.4, -0.2) is 46.5 Å². The Morgan fingerprint density at radius 3 is 2.78 bits per heavy atom. The molecule has 0 bridgehead atoms. The first-order valence-electron chi connectivity index (χ1n) is 5.56. The van der Waals surface area contributed by atoms with Crippen molar-refractivity contribution >= 4 is 11.9 Å². The van der Waals surface area contributed by atoms with Gasteiger partial charge in [0.2, 0.25) is 0 Å². The summed E-state index contributed by atoms with van der Waals surface area (Å²) in [6.45, 7) is 4.08. The van der Waals surface area contributed by atoms with Crippen LogP contribution in [0.4, 0.5) is 0 Å². The number of carbonyl (C=O) groups is 2. The maximum Gasteiger partial charge on any atom is 0.328 e. The fraction of sp³-hybridized carbons (Fsp3) is 0.545. The summed E-state index contributed by atoms with van der Waals surface area (Å²) in [5, 5.41) is 15.4. The molecule has 0 saturated carbocycles. The molecule has 18 heavy (non-hydrogen) atoms. The lowest BCUT2D eigenvalue weighted by atomic mass is 10.3. The van der Waals surface area contributed by atoms with Gasteiger partial charge in [0.05, 0.1) is 12.3 Å². The molecule has 1 unspecified atom stereocenters. The molecule has 0 saturated heterocycles. The predicted octanol–water partition coefficient (Wildman–Crippen LogP) is 0.0408. The molecule has 0 aliphatic heterocycles. The summed E-state index contributed by atoms with van der Waals surface area (Å²) in [7, 11) is 1.38. The highest BCUT2D eigenvalue weighted by Crippen LogP contribution is 2.04. The van der Waals surface area contributed by atoms with Gasteiger partial charge in [0.1, 0.15) is 5.69 Å². The highest BCUT2D eigenvalue weighted by molar-refractivity contribution is 5.95. The monoisotopic (exact) mass is 255 g/mol. The molecule has 1 atom stereocenters. The van der Waals surface area contributed by atoms with Gasteiger partial charge in [-0.1, -0.05) is 0 Å². The van der Waals surface area contributed by atoms with Gasteiger partial charge < -0.3 is 15.2 Å². The van der Waals surface area contributed by atoms with Crippen LogP contribution in [-0.2, 0) is 16.1 Å². The van der Waals surface area contributed by atoms with E-state index < -0.39 is 17.9 Å². The fourth-order valence-electron chi connectivity index (χ4n) is 1.54. The number of rotatable bonds is 6. The van der Waals surface area contributed by atoms with Crippen LogP contribution >= 0.6 is 0 Å². The third-order valence-electron chi connectivity index (χ3n) is 2.37. The van der Waals surface area contributed by atoms with Crippen molar-refractivity contribution in [3.8, 4) is 0 Å². The summed E-state index contributed by atoms with van der Waals surface area (Å²) < 4.78 is 6.27. The lowest BCUT2D eigenvalue weighted by molar-refractivity contribution is -0.140. The van der Waals surface area contributed by atoms with E-state index in [9.17, 15) is 9.59 Å². The summed E-state index contributed by atoms with van der Waals surface area (Å²) in [5.74, 6) is -1.61. The van der Waals surface area contributed by atoms with Crippen molar-refractivity contribution in [1.29, 1.82) is 0 Å². The molecule has 100 valence electrons. The highest BCUT2D eigenvalue weighted by Gasteiger charge is 2.22. The van der Waals surface area contributed by atoms with Gasteiger partial charge in [-0.05, 0) is 19.9 Å². The van der Waals surface area contributed by atoms with E-state index in [-0.39, 0.29) is 6.61 Å². The molecule has 1 heterocycles. The van der Waals surface area contributed by atoms with E-state index in [4.69, 9.17) is 9.84 Å². The van der Waals surface area contributed by atoms with Crippen LogP contribution in [0.15, 0.2) is 6.07 Å². The van der Waals surface area contributed by atoms with Crippen molar-refractivity contribution in [2.75, 3.05) is 13.7 Å². The Labute approximate surface area is 105 Å². The summed E-state index contributed by atoms with van der Waals surface area (Å²) >= 11 is 0. The molecular formula is C11H17N3O4. The molecule has 0 radical (unpaired) electrons. The highest BCUT2D eigenvalue weighted by atomic mass is 16.5. The van der Waals surface area contributed by atoms with Crippen molar-refractivity contribution < 1.29 is 19.4 Å². The molecule has 0 aliphatic carbocycles. The third-order valence-corrected chi connectivity index (χ3v) is 2.37. The maximum atomic E-state index is 11.9. The van der Waals surface area contributed by atoms with E-state index in [2.05, 4.69) is 10.4 Å². The number of methoxy groups -OCH3 is 1. The zero-order chi connectivity index (χ0) is 13.7. The fourth-order valence-corrected chi connectivity index (χ4v) is 1.54. The van der Waals surface area contributed by atoms with Crippen molar-refractivity contribution in [1.82, 2.24) is 15.1 Å². The zero-order valence-electron chi connectivity index (χ0n) is 10.6. The van der Waals surface area contributed by atoms with E-state index in [1.165, 1.54) is 11.8 Å². The van der Waals surface area contributed by atoms with Crippen LogP contribution in [0.3, 0.4) is 0 Å². The minimum atomic E-state index is -1.13. The Hall–Kier alpha value is -1.89. The Morgan fingerprint density at radius 2 is 2.28 bits per heavy atom. The number of nitrogens with zero attached hydrogens (tertiary/aromatic N) is 2. The number of hydrogen-bond donors (Lipinski definition) is 2. The average molecular weight is 255 g/mol. The van der Waals surface area contributed by atoms with Gasteiger partial charge in [0.25, 0.3) is 5.91 Å². The zero-order valence-corrected chi connectivity index (χ0v) is 10.6. The number of carbonyl (C=O) groups excluding carboxylic acids is 1. The normalized spacial score (nSPS) is 12.2. The van der Waals surface area contributed by atoms with Crippen molar-refractivity contribution in [2.24, 2.45) is 0 Å². The number of nitrogens with one attached hydrogen (secondary N) is 1. The van der Waals surface area contributed by atoms with E-state index >= 15 is 0 Å². The SMILES string of the molecule is CCn1nc(C)cc1C(=O)NC(COC)C(=O)O. The largest absolute Gasteiger partial charge is 0.480 e. The third kappa shape index (κ3) is 3.30. The minimum Gasteiger partial charge on any atom is -0.480 e. The number of aliphatic carboxylic acids is 1. The summed E-state index contributed by atoms with van der Waals surface area (Å²) in [5.41, 5.74) is 1.05. The molecule has 1 amide bonds. The molecule has 2 N–H and O–H groups in total. The molecule has 0 aliphatic rings. The second-order valence-electron chi connectivity index (χ2n) is 3.81. The second-order valence-corrected chi connectivity index (χ2v) is 3.81. The summed E-state index contributed by atoms with van der Waals surface area (Å²) in [4.78, 5) is 22.8. The molecule has 7 nitrogen and oxygen atoms in total. The lowest BCUT2D eigenvalue weighted by Crippen LogP contribution is -2.44. The predicted molar refractivity (Wildman–Crippen MR) is 63.4 cm³/mol. The van der Waals surface area contributed by atoms with Gasteiger partial charge >= 0.3 is 5.97 Å². The number of ether oxygens (including phenoxy) is 1. The standard InChI is InChI=1S/C11H17N3O4/c1-4-14-9(5-7(2)13-14)10(15)12-8(6-18-3)11(16)17/h5,8H,4,6H2,1-3H3,(H,12,15)(H,16,17). The number of aromatic nitrogens is 2. The number of amides is 1. The smallest absolute Gasteiger partial charge is 0.328 e. The number of hydrogen-bond acceptors (Lipinski definition) is 4. The van der Waals surface area contributed by atoms with Gasteiger partial charge in [-0.15, -0.1) is 0 Å². The number of carboxylic acids is 1. The average Bonchev–Trinajstić information content (AvgIpc) is 2.69. The molecule has 1 rings (SSSR count). The van der Waals surface area contributed by atoms with Crippen LogP contribution in [0.1, 0.15) is 23.1 Å². The minimum absolute atomic E-state index is 0.0830. The Kier molecular flexibility index (Phi) is 4.85. The molecule has 0 fully saturated rings. The van der Waals surface area contributed by atoms with Crippen LogP contribution in [0, 0.1) is 6.92 Å². The van der Waals surface area contributed by atoms with E-state index in [0.717, 1.165) is 0 Å².